The second-order valence-corrected chi connectivity index (χ2v) is 7.21. The molecule has 9 heteroatoms. The van der Waals surface area contributed by atoms with Crippen LogP contribution in [-0.4, -0.2) is 53.4 Å². The quantitative estimate of drug-likeness (QED) is 0.507. The Morgan fingerprint density at radius 3 is 2.96 bits per heavy atom. The van der Waals surface area contributed by atoms with Gasteiger partial charge in [-0.3, -0.25) is 0 Å². The Morgan fingerprint density at radius 1 is 1.33 bits per heavy atom. The molecule has 0 atom stereocenters. The van der Waals surface area contributed by atoms with Crippen molar-refractivity contribution in [1.82, 2.24) is 29.5 Å². The number of hydrogen-bond acceptors (Lipinski definition) is 7. The third-order valence-corrected chi connectivity index (χ3v) is 4.98. The Labute approximate surface area is 154 Å². The van der Waals surface area contributed by atoms with E-state index in [-0.39, 0.29) is 6.04 Å². The molecule has 27 heavy (non-hydrogen) atoms. The van der Waals surface area contributed by atoms with Crippen molar-refractivity contribution in [1.29, 1.82) is 0 Å². The first-order valence-electron chi connectivity index (χ1n) is 8.74. The summed E-state index contributed by atoms with van der Waals surface area (Å²) in [6.45, 7) is 1.83. The fraction of sp³-hybridized carbons (Fsp3) is 0.333. The smallest absolute Gasteiger partial charge is 0.228 e. The van der Waals surface area contributed by atoms with E-state index in [4.69, 9.17) is 4.74 Å². The van der Waals surface area contributed by atoms with Crippen molar-refractivity contribution < 1.29 is 9.84 Å². The summed E-state index contributed by atoms with van der Waals surface area (Å²) in [6.07, 6.45) is 6.66. The molecule has 9 nitrogen and oxygen atoms in total. The third kappa shape index (κ3) is 2.67. The lowest BCUT2D eigenvalue weighted by atomic mass is 9.77. The topological polar surface area (TPSA) is 113 Å². The molecule has 1 fully saturated rings. The van der Waals surface area contributed by atoms with Crippen LogP contribution in [0.1, 0.15) is 19.8 Å². The third-order valence-electron chi connectivity index (χ3n) is 4.98. The number of hydrogen-bond donors (Lipinski definition) is 3. The monoisotopic (exact) mass is 365 g/mol. The van der Waals surface area contributed by atoms with Gasteiger partial charge in [-0.1, -0.05) is 0 Å². The molecule has 0 aromatic carbocycles. The fourth-order valence-corrected chi connectivity index (χ4v) is 3.70. The maximum absolute atomic E-state index is 9.90. The number of anilines is 1. The summed E-state index contributed by atoms with van der Waals surface area (Å²) in [4.78, 5) is 16.5. The molecule has 5 rings (SSSR count). The van der Waals surface area contributed by atoms with Gasteiger partial charge in [-0.25, -0.2) is 9.50 Å². The Balaban J connectivity index is 1.55. The zero-order chi connectivity index (χ0) is 18.6. The first-order valence-corrected chi connectivity index (χ1v) is 8.74. The van der Waals surface area contributed by atoms with Gasteiger partial charge in [0.2, 0.25) is 11.8 Å². The average molecular weight is 365 g/mol. The van der Waals surface area contributed by atoms with Crippen LogP contribution in [0.5, 0.6) is 5.88 Å². The summed E-state index contributed by atoms with van der Waals surface area (Å²) in [7, 11) is 1.59. The highest BCUT2D eigenvalue weighted by Gasteiger charge is 2.38. The zero-order valence-corrected chi connectivity index (χ0v) is 15.0. The molecule has 4 heterocycles. The van der Waals surface area contributed by atoms with Gasteiger partial charge in [0.05, 0.1) is 18.1 Å². The van der Waals surface area contributed by atoms with Crippen LogP contribution < -0.4 is 10.1 Å². The van der Waals surface area contributed by atoms with E-state index in [0.29, 0.717) is 30.3 Å². The molecule has 0 spiro atoms. The summed E-state index contributed by atoms with van der Waals surface area (Å²) < 4.78 is 7.26. The summed E-state index contributed by atoms with van der Waals surface area (Å²) in [6, 6.07) is 4.05. The number of H-pyrrole nitrogens is 1. The van der Waals surface area contributed by atoms with Crippen LogP contribution in [0.2, 0.25) is 0 Å². The minimum Gasteiger partial charge on any atom is -0.480 e. The molecule has 1 saturated carbocycles. The van der Waals surface area contributed by atoms with E-state index in [1.807, 2.05) is 31.5 Å². The van der Waals surface area contributed by atoms with Gasteiger partial charge in [-0.05, 0) is 31.9 Å². The molecule has 0 radical (unpaired) electrons. The lowest BCUT2D eigenvalue weighted by Gasteiger charge is -2.41. The number of nitrogens with zero attached hydrogens (tertiary/aromatic N) is 5. The summed E-state index contributed by atoms with van der Waals surface area (Å²) in [5, 5.41) is 18.2. The van der Waals surface area contributed by atoms with E-state index in [0.717, 1.165) is 22.2 Å². The number of ether oxygens (including phenoxy) is 1. The molecular weight excluding hydrogens is 346 g/mol. The number of aromatic nitrogens is 6. The predicted molar refractivity (Wildman–Crippen MR) is 99.7 cm³/mol. The van der Waals surface area contributed by atoms with E-state index in [9.17, 15) is 5.11 Å². The van der Waals surface area contributed by atoms with Gasteiger partial charge < -0.3 is 20.1 Å². The Bertz CT molecular complexity index is 1140. The van der Waals surface area contributed by atoms with Gasteiger partial charge in [0.15, 0.2) is 5.65 Å². The first-order chi connectivity index (χ1) is 13.0. The maximum atomic E-state index is 9.90. The fourth-order valence-electron chi connectivity index (χ4n) is 3.70. The molecule has 0 amide bonds. The van der Waals surface area contributed by atoms with Crippen molar-refractivity contribution in [2.45, 2.75) is 31.4 Å². The lowest BCUT2D eigenvalue weighted by Crippen LogP contribution is -2.48. The highest BCUT2D eigenvalue weighted by atomic mass is 16.5. The van der Waals surface area contributed by atoms with Gasteiger partial charge in [0.25, 0.3) is 0 Å². The molecule has 0 bridgehead atoms. The van der Waals surface area contributed by atoms with E-state index < -0.39 is 5.60 Å². The second kappa shape index (κ2) is 5.65. The van der Waals surface area contributed by atoms with Gasteiger partial charge in [0, 0.05) is 29.6 Å². The normalized spacial score (nSPS) is 22.1. The highest BCUT2D eigenvalue weighted by Crippen LogP contribution is 2.36. The zero-order valence-electron chi connectivity index (χ0n) is 15.0. The van der Waals surface area contributed by atoms with Crippen LogP contribution in [0.25, 0.3) is 27.8 Å². The van der Waals surface area contributed by atoms with E-state index in [2.05, 4.69) is 30.4 Å². The van der Waals surface area contributed by atoms with Crippen LogP contribution in [0.3, 0.4) is 0 Å². The molecule has 0 saturated heterocycles. The minimum absolute atomic E-state index is 0.159. The van der Waals surface area contributed by atoms with E-state index >= 15 is 0 Å². The van der Waals surface area contributed by atoms with Gasteiger partial charge in [0.1, 0.15) is 12.0 Å². The van der Waals surface area contributed by atoms with E-state index in [1.54, 1.807) is 11.6 Å². The number of pyridine rings is 1. The SMILES string of the molecule is COc1nc(NC2CC(C)(O)C2)nc2[nH]cc(-c3ccc4ncnn4c3)c12. The second-order valence-electron chi connectivity index (χ2n) is 7.21. The van der Waals surface area contributed by atoms with E-state index in [1.165, 1.54) is 6.33 Å². The first kappa shape index (κ1) is 16.0. The average Bonchev–Trinajstić information content (AvgIpc) is 3.25. The number of fused-ring (bicyclic) bond motifs is 2. The number of aliphatic hydroxyl groups is 1. The van der Waals surface area contributed by atoms with Crippen molar-refractivity contribution in [3.8, 4) is 17.0 Å². The Kier molecular flexibility index (Phi) is 3.35. The molecule has 4 aromatic rings. The Hall–Kier alpha value is -3.20. The van der Waals surface area contributed by atoms with Crippen LogP contribution >= 0.6 is 0 Å². The number of nitrogens with one attached hydrogen (secondary N) is 2. The van der Waals surface area contributed by atoms with Crippen molar-refractivity contribution in [3.63, 3.8) is 0 Å². The van der Waals surface area contributed by atoms with Crippen molar-refractivity contribution in [3.05, 3.63) is 30.9 Å². The number of methoxy groups -OCH3 is 1. The van der Waals surface area contributed by atoms with Crippen LogP contribution in [-0.2, 0) is 0 Å². The van der Waals surface area contributed by atoms with Gasteiger partial charge >= 0.3 is 0 Å². The Morgan fingerprint density at radius 2 is 2.19 bits per heavy atom. The lowest BCUT2D eigenvalue weighted by molar-refractivity contribution is -0.0236. The molecule has 4 aromatic heterocycles. The molecule has 0 unspecified atom stereocenters. The highest BCUT2D eigenvalue weighted by molar-refractivity contribution is 5.97. The maximum Gasteiger partial charge on any atom is 0.228 e. The number of rotatable bonds is 4. The molecule has 1 aliphatic rings. The van der Waals surface area contributed by atoms with Crippen LogP contribution in [0.4, 0.5) is 5.95 Å². The standard InChI is InChI=1S/C18H19N7O2/c1-18(26)5-11(6-18)22-17-23-15-14(16(24-17)27-2)12(7-19-15)10-3-4-13-20-9-21-25(13)8-10/h3-4,7-9,11,26H,5-6H2,1-2H3,(H2,19,22,23,24). The largest absolute Gasteiger partial charge is 0.480 e. The summed E-state index contributed by atoms with van der Waals surface area (Å²) in [5.74, 6) is 0.975. The molecule has 0 aliphatic heterocycles. The molecule has 3 N–H and O–H groups in total. The van der Waals surface area contributed by atoms with Crippen molar-refractivity contribution in [2.75, 3.05) is 12.4 Å². The number of aromatic amines is 1. The van der Waals surface area contributed by atoms with Gasteiger partial charge in [-0.2, -0.15) is 15.1 Å². The molecule has 1 aliphatic carbocycles. The molecule has 138 valence electrons. The summed E-state index contributed by atoms with van der Waals surface area (Å²) >= 11 is 0. The summed E-state index contributed by atoms with van der Waals surface area (Å²) in [5.41, 5.74) is 2.74. The van der Waals surface area contributed by atoms with Gasteiger partial charge in [-0.15, -0.1) is 0 Å². The molecular formula is C18H19N7O2. The van der Waals surface area contributed by atoms with Crippen LogP contribution in [0, 0.1) is 0 Å². The minimum atomic E-state index is -0.606. The predicted octanol–water partition coefficient (Wildman–Crippen LogP) is 2.00. The van der Waals surface area contributed by atoms with Crippen LogP contribution in [0.15, 0.2) is 30.9 Å². The van der Waals surface area contributed by atoms with Crippen molar-refractivity contribution in [2.24, 2.45) is 0 Å². The van der Waals surface area contributed by atoms with Crippen molar-refractivity contribution >= 4 is 22.6 Å².